The number of aryl methyl sites for hydroxylation is 1. The van der Waals surface area contributed by atoms with Crippen LogP contribution in [-0.2, 0) is 11.2 Å². The van der Waals surface area contributed by atoms with E-state index in [0.29, 0.717) is 5.92 Å². The van der Waals surface area contributed by atoms with Crippen LogP contribution in [0.3, 0.4) is 0 Å². The monoisotopic (exact) mass is 210 g/mol. The molecular weight excluding hydrogens is 196 g/mol. The van der Waals surface area contributed by atoms with Crippen LogP contribution >= 0.6 is 11.3 Å². The van der Waals surface area contributed by atoms with E-state index in [2.05, 4.69) is 18.4 Å². The van der Waals surface area contributed by atoms with Crippen molar-refractivity contribution in [1.82, 2.24) is 0 Å². The van der Waals surface area contributed by atoms with Gasteiger partial charge in [-0.3, -0.25) is 4.79 Å². The van der Waals surface area contributed by atoms with Gasteiger partial charge in [0.05, 0.1) is 6.42 Å². The topological polar surface area (TPSA) is 37.3 Å². The summed E-state index contributed by atoms with van der Waals surface area (Å²) in [6.45, 7) is 2.16. The molecule has 1 aromatic rings. The summed E-state index contributed by atoms with van der Waals surface area (Å²) in [7, 11) is 0. The van der Waals surface area contributed by atoms with Crippen molar-refractivity contribution in [3.63, 3.8) is 0 Å². The van der Waals surface area contributed by atoms with Crippen LogP contribution in [0.2, 0.25) is 0 Å². The van der Waals surface area contributed by atoms with Crippen LogP contribution in [0, 0.1) is 5.92 Å². The van der Waals surface area contributed by atoms with Crippen molar-refractivity contribution in [1.29, 1.82) is 0 Å². The largest absolute Gasteiger partial charge is 0.481 e. The molecule has 0 spiro atoms. The number of thiophene rings is 1. The number of rotatable bonds is 2. The maximum atomic E-state index is 10.7. The molecule has 0 saturated heterocycles. The Morgan fingerprint density at radius 3 is 3.21 bits per heavy atom. The highest BCUT2D eigenvalue weighted by atomic mass is 32.1. The Kier molecular flexibility index (Phi) is 2.59. The molecule has 2 unspecified atom stereocenters. The van der Waals surface area contributed by atoms with Gasteiger partial charge in [0.25, 0.3) is 0 Å². The van der Waals surface area contributed by atoms with Crippen molar-refractivity contribution in [2.45, 2.75) is 32.1 Å². The fraction of sp³-hybridized carbons (Fsp3) is 0.545. The van der Waals surface area contributed by atoms with Crippen molar-refractivity contribution < 1.29 is 9.90 Å². The average molecular weight is 210 g/mol. The van der Waals surface area contributed by atoms with Gasteiger partial charge in [-0.05, 0) is 35.8 Å². The SMILES string of the molecule is CC1CCc2ccsc2C1CC(=O)O. The Balaban J connectivity index is 2.26. The molecule has 0 radical (unpaired) electrons. The van der Waals surface area contributed by atoms with E-state index in [0.717, 1.165) is 12.8 Å². The second-order valence-corrected chi connectivity index (χ2v) is 4.98. The van der Waals surface area contributed by atoms with Crippen LogP contribution in [0.5, 0.6) is 0 Å². The predicted octanol–water partition coefficient (Wildman–Crippen LogP) is 2.89. The molecule has 0 aliphatic heterocycles. The zero-order valence-corrected chi connectivity index (χ0v) is 9.01. The molecule has 0 aromatic carbocycles. The number of hydrogen-bond donors (Lipinski definition) is 1. The third kappa shape index (κ3) is 1.69. The van der Waals surface area contributed by atoms with Gasteiger partial charge < -0.3 is 5.11 Å². The van der Waals surface area contributed by atoms with E-state index in [4.69, 9.17) is 5.11 Å². The average Bonchev–Trinajstić information content (AvgIpc) is 2.57. The number of carboxylic acids is 1. The van der Waals surface area contributed by atoms with Crippen molar-refractivity contribution >= 4 is 17.3 Å². The Hall–Kier alpha value is -0.830. The molecule has 1 aliphatic rings. The third-order valence-corrected chi connectivity index (χ3v) is 4.16. The second-order valence-electron chi connectivity index (χ2n) is 4.03. The summed E-state index contributed by atoms with van der Waals surface area (Å²) in [6.07, 6.45) is 2.53. The fourth-order valence-corrected chi connectivity index (χ4v) is 3.39. The van der Waals surface area contributed by atoms with Crippen molar-refractivity contribution in [3.05, 3.63) is 21.9 Å². The maximum Gasteiger partial charge on any atom is 0.304 e. The molecule has 0 bridgehead atoms. The molecule has 0 fully saturated rings. The van der Waals surface area contributed by atoms with Crippen LogP contribution in [0.1, 0.15) is 36.1 Å². The molecule has 1 aliphatic carbocycles. The lowest BCUT2D eigenvalue weighted by atomic mass is 9.79. The van der Waals surface area contributed by atoms with Gasteiger partial charge in [0.1, 0.15) is 0 Å². The highest BCUT2D eigenvalue weighted by Gasteiger charge is 2.29. The van der Waals surface area contributed by atoms with Gasteiger partial charge in [0, 0.05) is 10.8 Å². The lowest BCUT2D eigenvalue weighted by Gasteiger charge is -2.27. The highest BCUT2D eigenvalue weighted by Crippen LogP contribution is 2.41. The summed E-state index contributed by atoms with van der Waals surface area (Å²) in [5.74, 6) is 0.0802. The minimum Gasteiger partial charge on any atom is -0.481 e. The molecular formula is C11H14O2S. The van der Waals surface area contributed by atoms with Crippen LogP contribution in [0.25, 0.3) is 0 Å². The summed E-state index contributed by atoms with van der Waals surface area (Å²) in [5, 5.41) is 10.9. The third-order valence-electron chi connectivity index (χ3n) is 3.07. The first kappa shape index (κ1) is 9.71. The Morgan fingerprint density at radius 1 is 1.71 bits per heavy atom. The zero-order chi connectivity index (χ0) is 10.1. The molecule has 3 heteroatoms. The van der Waals surface area contributed by atoms with E-state index in [1.165, 1.54) is 10.4 Å². The molecule has 2 rings (SSSR count). The zero-order valence-electron chi connectivity index (χ0n) is 8.19. The number of fused-ring (bicyclic) bond motifs is 1. The minimum absolute atomic E-state index is 0.247. The summed E-state index contributed by atoms with van der Waals surface area (Å²) >= 11 is 1.72. The number of hydrogen-bond acceptors (Lipinski definition) is 2. The normalized spacial score (nSPS) is 25.8. The van der Waals surface area contributed by atoms with Gasteiger partial charge in [-0.2, -0.15) is 0 Å². The molecule has 76 valence electrons. The van der Waals surface area contributed by atoms with Crippen LogP contribution in [0.4, 0.5) is 0 Å². The minimum atomic E-state index is -0.678. The van der Waals surface area contributed by atoms with E-state index in [9.17, 15) is 4.79 Å². The molecule has 14 heavy (non-hydrogen) atoms. The van der Waals surface area contributed by atoms with Gasteiger partial charge in [-0.25, -0.2) is 0 Å². The van der Waals surface area contributed by atoms with Crippen LogP contribution < -0.4 is 0 Å². The summed E-state index contributed by atoms with van der Waals surface area (Å²) in [4.78, 5) is 12.1. The number of carbonyl (C=O) groups is 1. The molecule has 1 heterocycles. The first-order valence-corrected chi connectivity index (χ1v) is 5.84. The highest BCUT2D eigenvalue weighted by molar-refractivity contribution is 7.10. The van der Waals surface area contributed by atoms with E-state index in [1.54, 1.807) is 11.3 Å². The van der Waals surface area contributed by atoms with Crippen LogP contribution in [-0.4, -0.2) is 11.1 Å². The Labute approximate surface area is 87.6 Å². The van der Waals surface area contributed by atoms with E-state index < -0.39 is 5.97 Å². The second kappa shape index (κ2) is 3.73. The maximum absolute atomic E-state index is 10.7. The fourth-order valence-electron chi connectivity index (χ4n) is 2.20. The number of carboxylic acid groups (broad SMARTS) is 1. The summed E-state index contributed by atoms with van der Waals surface area (Å²) in [6, 6.07) is 2.14. The van der Waals surface area contributed by atoms with Crippen molar-refractivity contribution in [2.24, 2.45) is 5.92 Å². The Bertz CT molecular complexity index is 343. The van der Waals surface area contributed by atoms with Crippen molar-refractivity contribution in [3.8, 4) is 0 Å². The Morgan fingerprint density at radius 2 is 2.50 bits per heavy atom. The smallest absolute Gasteiger partial charge is 0.304 e. The first-order chi connectivity index (χ1) is 6.68. The molecule has 0 amide bonds. The standard InChI is InChI=1S/C11H14O2S/c1-7-2-3-8-4-5-14-11(8)9(7)6-10(12)13/h4-5,7,9H,2-3,6H2,1H3,(H,12,13). The number of aliphatic carboxylic acids is 1. The molecule has 2 atom stereocenters. The molecule has 2 nitrogen and oxygen atoms in total. The summed E-state index contributed by atoms with van der Waals surface area (Å²) in [5.41, 5.74) is 1.37. The van der Waals surface area contributed by atoms with E-state index in [1.807, 2.05) is 0 Å². The van der Waals surface area contributed by atoms with Crippen LogP contribution in [0.15, 0.2) is 11.4 Å². The van der Waals surface area contributed by atoms with Crippen molar-refractivity contribution in [2.75, 3.05) is 0 Å². The van der Waals surface area contributed by atoms with E-state index in [-0.39, 0.29) is 12.3 Å². The van der Waals surface area contributed by atoms with E-state index >= 15 is 0 Å². The summed E-state index contributed by atoms with van der Waals surface area (Å²) < 4.78 is 0. The van der Waals surface area contributed by atoms with Gasteiger partial charge in [0.2, 0.25) is 0 Å². The molecule has 1 aromatic heterocycles. The predicted molar refractivity (Wildman–Crippen MR) is 56.8 cm³/mol. The molecule has 1 N–H and O–H groups in total. The van der Waals surface area contributed by atoms with Gasteiger partial charge in [0.15, 0.2) is 0 Å². The van der Waals surface area contributed by atoms with Gasteiger partial charge in [-0.1, -0.05) is 6.92 Å². The lowest BCUT2D eigenvalue weighted by Crippen LogP contribution is -2.19. The first-order valence-electron chi connectivity index (χ1n) is 4.96. The quantitative estimate of drug-likeness (QED) is 0.815. The van der Waals surface area contributed by atoms with Gasteiger partial charge in [-0.15, -0.1) is 11.3 Å². The lowest BCUT2D eigenvalue weighted by molar-refractivity contribution is -0.137. The molecule has 0 saturated carbocycles. The van der Waals surface area contributed by atoms with Gasteiger partial charge >= 0.3 is 5.97 Å².